The van der Waals surface area contributed by atoms with Crippen molar-refractivity contribution in [2.24, 2.45) is 5.73 Å². The topological polar surface area (TPSA) is 57.4 Å². The van der Waals surface area contributed by atoms with Gasteiger partial charge in [0.15, 0.2) is 0 Å². The van der Waals surface area contributed by atoms with Crippen molar-refractivity contribution < 1.29 is 9.47 Å². The molecular weight excluding hydrogens is 212 g/mol. The van der Waals surface area contributed by atoms with Gasteiger partial charge in [-0.2, -0.15) is 0 Å². The van der Waals surface area contributed by atoms with Crippen LogP contribution in [0.15, 0.2) is 5.38 Å². The molecule has 5 heteroatoms. The van der Waals surface area contributed by atoms with E-state index in [-0.39, 0.29) is 5.54 Å². The lowest BCUT2D eigenvalue weighted by atomic mass is 9.89. The van der Waals surface area contributed by atoms with E-state index in [0.717, 1.165) is 31.7 Å². The highest BCUT2D eigenvalue weighted by Crippen LogP contribution is 2.32. The molecule has 1 aromatic heterocycles. The Kier molecular flexibility index (Phi) is 3.23. The van der Waals surface area contributed by atoms with Gasteiger partial charge >= 0.3 is 0 Å². The van der Waals surface area contributed by atoms with Crippen molar-refractivity contribution in [2.75, 3.05) is 19.8 Å². The zero-order chi connectivity index (χ0) is 10.7. The van der Waals surface area contributed by atoms with Gasteiger partial charge in [-0.05, 0) is 19.8 Å². The van der Waals surface area contributed by atoms with E-state index in [1.165, 1.54) is 11.3 Å². The van der Waals surface area contributed by atoms with Crippen molar-refractivity contribution in [1.29, 1.82) is 0 Å². The Morgan fingerprint density at radius 1 is 1.60 bits per heavy atom. The van der Waals surface area contributed by atoms with Gasteiger partial charge in [0.25, 0.3) is 5.19 Å². The van der Waals surface area contributed by atoms with Crippen molar-refractivity contribution in [3.05, 3.63) is 11.1 Å². The summed E-state index contributed by atoms with van der Waals surface area (Å²) in [6.07, 6.45) is 1.67. The fourth-order valence-corrected chi connectivity index (χ4v) is 2.50. The summed E-state index contributed by atoms with van der Waals surface area (Å²) < 4.78 is 10.6. The second-order valence-electron chi connectivity index (χ2n) is 3.70. The third kappa shape index (κ3) is 2.30. The van der Waals surface area contributed by atoms with E-state index in [9.17, 15) is 0 Å². The van der Waals surface area contributed by atoms with Gasteiger partial charge in [0, 0.05) is 18.6 Å². The zero-order valence-electron chi connectivity index (χ0n) is 8.86. The largest absolute Gasteiger partial charge is 0.470 e. The van der Waals surface area contributed by atoms with Gasteiger partial charge in [-0.1, -0.05) is 11.3 Å². The molecule has 0 radical (unpaired) electrons. The molecule has 1 saturated heterocycles. The lowest BCUT2D eigenvalue weighted by Crippen LogP contribution is -2.42. The molecule has 0 bridgehead atoms. The summed E-state index contributed by atoms with van der Waals surface area (Å²) >= 11 is 1.51. The molecule has 2 heterocycles. The molecule has 1 fully saturated rings. The smallest absolute Gasteiger partial charge is 0.273 e. The fourth-order valence-electron chi connectivity index (χ4n) is 1.67. The van der Waals surface area contributed by atoms with Crippen LogP contribution in [0.2, 0.25) is 0 Å². The summed E-state index contributed by atoms with van der Waals surface area (Å²) in [5.41, 5.74) is 6.93. The molecule has 2 rings (SSSR count). The van der Waals surface area contributed by atoms with E-state index in [0.29, 0.717) is 11.8 Å². The van der Waals surface area contributed by atoms with E-state index < -0.39 is 0 Å². The van der Waals surface area contributed by atoms with Gasteiger partial charge in [-0.25, -0.2) is 4.98 Å². The molecule has 1 aliphatic rings. The van der Waals surface area contributed by atoms with Gasteiger partial charge in [0.05, 0.1) is 17.8 Å². The summed E-state index contributed by atoms with van der Waals surface area (Å²) in [5.74, 6) is 0. The first kappa shape index (κ1) is 10.9. The molecule has 0 spiro atoms. The maximum absolute atomic E-state index is 6.30. The number of rotatable bonds is 3. The van der Waals surface area contributed by atoms with E-state index in [2.05, 4.69) is 4.98 Å². The SMILES string of the molecule is CCOc1nc(C2(N)CCOCC2)cs1. The minimum absolute atomic E-state index is 0.315. The average molecular weight is 228 g/mol. The highest BCUT2D eigenvalue weighted by molar-refractivity contribution is 7.11. The van der Waals surface area contributed by atoms with Gasteiger partial charge in [-0.15, -0.1) is 0 Å². The maximum atomic E-state index is 6.30. The van der Waals surface area contributed by atoms with E-state index >= 15 is 0 Å². The molecule has 0 unspecified atom stereocenters. The quantitative estimate of drug-likeness (QED) is 0.852. The molecule has 0 aliphatic carbocycles. The Morgan fingerprint density at radius 3 is 3.00 bits per heavy atom. The van der Waals surface area contributed by atoms with Crippen LogP contribution in [-0.2, 0) is 10.3 Å². The van der Waals surface area contributed by atoms with E-state index in [4.69, 9.17) is 15.2 Å². The van der Waals surface area contributed by atoms with Crippen LogP contribution in [0.5, 0.6) is 5.19 Å². The molecule has 0 aromatic carbocycles. The van der Waals surface area contributed by atoms with Gasteiger partial charge in [-0.3, -0.25) is 0 Å². The highest BCUT2D eigenvalue weighted by atomic mass is 32.1. The number of hydrogen-bond donors (Lipinski definition) is 1. The monoisotopic (exact) mass is 228 g/mol. The number of aromatic nitrogens is 1. The van der Waals surface area contributed by atoms with Crippen LogP contribution in [0.1, 0.15) is 25.5 Å². The number of thiazole rings is 1. The minimum atomic E-state index is -0.315. The molecule has 0 atom stereocenters. The molecule has 2 N–H and O–H groups in total. The molecule has 15 heavy (non-hydrogen) atoms. The number of ether oxygens (including phenoxy) is 2. The lowest BCUT2D eigenvalue weighted by molar-refractivity contribution is 0.0508. The van der Waals surface area contributed by atoms with Crippen LogP contribution < -0.4 is 10.5 Å². The van der Waals surface area contributed by atoms with Gasteiger partial charge in [0.2, 0.25) is 0 Å². The fraction of sp³-hybridized carbons (Fsp3) is 0.700. The standard InChI is InChI=1S/C10H16N2O2S/c1-2-14-9-12-8(7-15-9)10(11)3-5-13-6-4-10/h7H,2-6,11H2,1H3. The maximum Gasteiger partial charge on any atom is 0.273 e. The van der Waals surface area contributed by atoms with Crippen molar-refractivity contribution in [3.8, 4) is 5.19 Å². The summed E-state index contributed by atoms with van der Waals surface area (Å²) in [7, 11) is 0. The lowest BCUT2D eigenvalue weighted by Gasteiger charge is -2.31. The number of hydrogen-bond acceptors (Lipinski definition) is 5. The van der Waals surface area contributed by atoms with Crippen LogP contribution in [0.25, 0.3) is 0 Å². The highest BCUT2D eigenvalue weighted by Gasteiger charge is 2.32. The van der Waals surface area contributed by atoms with E-state index in [1.54, 1.807) is 0 Å². The predicted octanol–water partition coefficient (Wildman–Crippen LogP) is 1.51. The molecule has 1 aliphatic heterocycles. The van der Waals surface area contributed by atoms with Crippen LogP contribution >= 0.6 is 11.3 Å². The first-order valence-electron chi connectivity index (χ1n) is 5.20. The summed E-state index contributed by atoms with van der Waals surface area (Å²) in [4.78, 5) is 4.41. The summed E-state index contributed by atoms with van der Waals surface area (Å²) in [6, 6.07) is 0. The molecular formula is C10H16N2O2S. The third-order valence-corrected chi connectivity index (χ3v) is 3.40. The van der Waals surface area contributed by atoms with Gasteiger partial charge in [0.1, 0.15) is 0 Å². The number of nitrogens with two attached hydrogens (primary N) is 1. The zero-order valence-corrected chi connectivity index (χ0v) is 9.68. The second-order valence-corrected chi connectivity index (χ2v) is 4.52. The minimum Gasteiger partial charge on any atom is -0.470 e. The Balaban J connectivity index is 2.12. The summed E-state index contributed by atoms with van der Waals surface area (Å²) in [6.45, 7) is 4.04. The number of nitrogens with zero attached hydrogens (tertiary/aromatic N) is 1. The second kappa shape index (κ2) is 4.47. The first-order chi connectivity index (χ1) is 7.24. The van der Waals surface area contributed by atoms with Crippen LogP contribution in [0.4, 0.5) is 0 Å². The Labute approximate surface area is 93.4 Å². The average Bonchev–Trinajstić information content (AvgIpc) is 2.69. The van der Waals surface area contributed by atoms with E-state index in [1.807, 2.05) is 12.3 Å². The van der Waals surface area contributed by atoms with Crippen molar-refractivity contribution in [2.45, 2.75) is 25.3 Å². The van der Waals surface area contributed by atoms with Gasteiger partial charge < -0.3 is 15.2 Å². The molecule has 1 aromatic rings. The van der Waals surface area contributed by atoms with Crippen LogP contribution in [0, 0.1) is 0 Å². The molecule has 0 amide bonds. The predicted molar refractivity (Wildman–Crippen MR) is 59.2 cm³/mol. The van der Waals surface area contributed by atoms with Crippen molar-refractivity contribution in [1.82, 2.24) is 4.98 Å². The Hall–Kier alpha value is -0.650. The Morgan fingerprint density at radius 2 is 2.33 bits per heavy atom. The normalized spacial score (nSPS) is 20.1. The molecule has 84 valence electrons. The molecule has 4 nitrogen and oxygen atoms in total. The van der Waals surface area contributed by atoms with Crippen LogP contribution in [0.3, 0.4) is 0 Å². The third-order valence-electron chi connectivity index (χ3n) is 2.65. The van der Waals surface area contributed by atoms with Crippen LogP contribution in [-0.4, -0.2) is 24.8 Å². The van der Waals surface area contributed by atoms with Crippen molar-refractivity contribution in [3.63, 3.8) is 0 Å². The van der Waals surface area contributed by atoms with Crippen molar-refractivity contribution >= 4 is 11.3 Å². The molecule has 0 saturated carbocycles. The summed E-state index contributed by atoms with van der Waals surface area (Å²) in [5, 5.41) is 2.71. The first-order valence-corrected chi connectivity index (χ1v) is 6.08. The Bertz CT molecular complexity index is 321.